The average molecular weight is 319 g/mol. The van der Waals surface area contributed by atoms with Crippen molar-refractivity contribution in [2.45, 2.75) is 32.9 Å². The third kappa shape index (κ3) is 5.90. The maximum absolute atomic E-state index is 11.7. The molecule has 0 atom stereocenters. The molecular weight excluding hydrogens is 294 g/mol. The van der Waals surface area contributed by atoms with Crippen molar-refractivity contribution in [1.82, 2.24) is 9.80 Å². The van der Waals surface area contributed by atoms with Crippen molar-refractivity contribution in [2.75, 3.05) is 31.5 Å². The van der Waals surface area contributed by atoms with E-state index in [1.165, 1.54) is 5.56 Å². The minimum atomic E-state index is -0.506. The predicted molar refractivity (Wildman–Crippen MR) is 89.2 cm³/mol. The van der Waals surface area contributed by atoms with E-state index in [0.717, 1.165) is 39.1 Å². The summed E-state index contributed by atoms with van der Waals surface area (Å²) >= 11 is 0. The van der Waals surface area contributed by atoms with Gasteiger partial charge in [-0.1, -0.05) is 12.1 Å². The summed E-state index contributed by atoms with van der Waals surface area (Å²) in [5.41, 5.74) is 1.39. The fourth-order valence-electron chi connectivity index (χ4n) is 2.40. The summed E-state index contributed by atoms with van der Waals surface area (Å²) in [4.78, 5) is 26.5. The van der Waals surface area contributed by atoms with Crippen LogP contribution in [-0.2, 0) is 16.1 Å². The van der Waals surface area contributed by atoms with Gasteiger partial charge in [-0.3, -0.25) is 15.0 Å². The standard InChI is InChI=1S/C17H25N3O3/c1-17(2,3)23-16(22)18-15-6-4-14(5-7-15)12-19-8-10-20(13-21)11-9-19/h4-7,13H,8-12H2,1-3H3,(H,18,22). The molecular formula is C17H25N3O3. The Kier molecular flexibility index (Phi) is 5.60. The van der Waals surface area contributed by atoms with Gasteiger partial charge >= 0.3 is 6.09 Å². The Morgan fingerprint density at radius 3 is 2.30 bits per heavy atom. The molecule has 1 aromatic carbocycles. The third-order valence-electron chi connectivity index (χ3n) is 3.56. The lowest BCUT2D eigenvalue weighted by Crippen LogP contribution is -2.45. The van der Waals surface area contributed by atoms with Gasteiger partial charge in [0.15, 0.2) is 0 Å². The number of carbonyl (C=O) groups excluding carboxylic acids is 2. The molecule has 0 unspecified atom stereocenters. The molecule has 0 bridgehead atoms. The van der Waals surface area contributed by atoms with Crippen LogP contribution in [0, 0.1) is 0 Å². The number of rotatable bonds is 4. The van der Waals surface area contributed by atoms with E-state index < -0.39 is 11.7 Å². The van der Waals surface area contributed by atoms with Crippen LogP contribution >= 0.6 is 0 Å². The number of carbonyl (C=O) groups is 2. The van der Waals surface area contributed by atoms with Gasteiger partial charge in [0, 0.05) is 38.4 Å². The molecule has 2 rings (SSSR count). The number of ether oxygens (including phenoxy) is 1. The second kappa shape index (κ2) is 7.46. The topological polar surface area (TPSA) is 61.9 Å². The summed E-state index contributed by atoms with van der Waals surface area (Å²) in [5.74, 6) is 0. The minimum Gasteiger partial charge on any atom is -0.444 e. The van der Waals surface area contributed by atoms with Crippen molar-refractivity contribution in [1.29, 1.82) is 0 Å². The van der Waals surface area contributed by atoms with Crippen molar-refractivity contribution in [3.05, 3.63) is 29.8 Å². The van der Waals surface area contributed by atoms with Gasteiger partial charge in [0.1, 0.15) is 5.60 Å². The average Bonchev–Trinajstić information content (AvgIpc) is 2.48. The molecule has 1 aromatic rings. The molecule has 1 aliphatic heterocycles. The van der Waals surface area contributed by atoms with Gasteiger partial charge in [0.2, 0.25) is 6.41 Å². The first-order valence-corrected chi connectivity index (χ1v) is 7.86. The molecule has 6 nitrogen and oxygen atoms in total. The van der Waals surface area contributed by atoms with E-state index in [9.17, 15) is 9.59 Å². The number of anilines is 1. The molecule has 0 spiro atoms. The van der Waals surface area contributed by atoms with Gasteiger partial charge in [-0.15, -0.1) is 0 Å². The van der Waals surface area contributed by atoms with Gasteiger partial charge in [-0.05, 0) is 38.5 Å². The maximum atomic E-state index is 11.7. The highest BCUT2D eigenvalue weighted by Gasteiger charge is 2.17. The Morgan fingerprint density at radius 2 is 1.78 bits per heavy atom. The zero-order valence-electron chi connectivity index (χ0n) is 14.0. The Bertz CT molecular complexity index is 529. The monoisotopic (exact) mass is 319 g/mol. The second-order valence-electron chi connectivity index (χ2n) is 6.74. The Labute approximate surface area is 137 Å². The number of nitrogens with one attached hydrogen (secondary N) is 1. The zero-order chi connectivity index (χ0) is 16.9. The molecule has 0 radical (unpaired) electrons. The van der Waals surface area contributed by atoms with E-state index in [1.54, 1.807) is 4.90 Å². The van der Waals surface area contributed by atoms with Crippen LogP contribution in [0.25, 0.3) is 0 Å². The first-order chi connectivity index (χ1) is 10.9. The smallest absolute Gasteiger partial charge is 0.412 e. The number of hydrogen-bond donors (Lipinski definition) is 1. The predicted octanol–water partition coefficient (Wildman–Crippen LogP) is 2.31. The molecule has 1 aliphatic rings. The molecule has 23 heavy (non-hydrogen) atoms. The van der Waals surface area contributed by atoms with Crippen LogP contribution in [0.4, 0.5) is 10.5 Å². The van der Waals surface area contributed by atoms with Crippen LogP contribution in [0.5, 0.6) is 0 Å². The maximum Gasteiger partial charge on any atom is 0.412 e. The van der Waals surface area contributed by atoms with Crippen LogP contribution in [0.1, 0.15) is 26.3 Å². The summed E-state index contributed by atoms with van der Waals surface area (Å²) in [5, 5.41) is 2.72. The molecule has 1 saturated heterocycles. The number of nitrogens with zero attached hydrogens (tertiary/aromatic N) is 2. The molecule has 6 heteroatoms. The summed E-state index contributed by atoms with van der Waals surface area (Å²) in [6.45, 7) is 9.68. The van der Waals surface area contributed by atoms with Crippen LogP contribution in [-0.4, -0.2) is 54.1 Å². The lowest BCUT2D eigenvalue weighted by atomic mass is 10.2. The number of benzene rings is 1. The fourth-order valence-corrected chi connectivity index (χ4v) is 2.40. The second-order valence-corrected chi connectivity index (χ2v) is 6.74. The van der Waals surface area contributed by atoms with Crippen LogP contribution in [0.2, 0.25) is 0 Å². The van der Waals surface area contributed by atoms with Gasteiger partial charge in [0.25, 0.3) is 0 Å². The molecule has 1 N–H and O–H groups in total. The van der Waals surface area contributed by atoms with Gasteiger partial charge < -0.3 is 9.64 Å². The highest BCUT2D eigenvalue weighted by Crippen LogP contribution is 2.14. The molecule has 2 amide bonds. The number of amides is 2. The van der Waals surface area contributed by atoms with E-state index in [1.807, 2.05) is 45.0 Å². The molecule has 1 heterocycles. The SMILES string of the molecule is CC(C)(C)OC(=O)Nc1ccc(CN2CCN(C=O)CC2)cc1. The van der Waals surface area contributed by atoms with Crippen molar-refractivity contribution < 1.29 is 14.3 Å². The lowest BCUT2D eigenvalue weighted by molar-refractivity contribution is -0.119. The van der Waals surface area contributed by atoms with E-state index in [0.29, 0.717) is 5.69 Å². The Morgan fingerprint density at radius 1 is 1.17 bits per heavy atom. The van der Waals surface area contributed by atoms with E-state index >= 15 is 0 Å². The quantitative estimate of drug-likeness (QED) is 0.865. The van der Waals surface area contributed by atoms with Crippen LogP contribution in [0.15, 0.2) is 24.3 Å². The highest BCUT2D eigenvalue weighted by molar-refractivity contribution is 5.84. The minimum absolute atomic E-state index is 0.449. The Balaban J connectivity index is 1.83. The van der Waals surface area contributed by atoms with Crippen LogP contribution in [0.3, 0.4) is 0 Å². The van der Waals surface area contributed by atoms with Gasteiger partial charge in [-0.25, -0.2) is 4.79 Å². The molecule has 126 valence electrons. The molecule has 0 aliphatic carbocycles. The lowest BCUT2D eigenvalue weighted by Gasteiger charge is -2.32. The van der Waals surface area contributed by atoms with Crippen molar-refractivity contribution >= 4 is 18.2 Å². The van der Waals surface area contributed by atoms with Crippen molar-refractivity contribution in [3.63, 3.8) is 0 Å². The first-order valence-electron chi connectivity index (χ1n) is 7.86. The summed E-state index contributed by atoms with van der Waals surface area (Å²) in [7, 11) is 0. The summed E-state index contributed by atoms with van der Waals surface area (Å²) < 4.78 is 5.22. The van der Waals surface area contributed by atoms with E-state index in [2.05, 4.69) is 10.2 Å². The largest absolute Gasteiger partial charge is 0.444 e. The molecule has 0 saturated carbocycles. The number of hydrogen-bond acceptors (Lipinski definition) is 4. The van der Waals surface area contributed by atoms with Gasteiger partial charge in [0.05, 0.1) is 0 Å². The summed E-state index contributed by atoms with van der Waals surface area (Å²) in [6, 6.07) is 7.75. The first kappa shape index (κ1) is 17.3. The number of piperazine rings is 1. The van der Waals surface area contributed by atoms with E-state index in [-0.39, 0.29) is 0 Å². The zero-order valence-corrected chi connectivity index (χ0v) is 14.0. The summed E-state index contributed by atoms with van der Waals surface area (Å²) in [6.07, 6.45) is 0.462. The normalized spacial score (nSPS) is 16.0. The molecule has 1 fully saturated rings. The highest BCUT2D eigenvalue weighted by atomic mass is 16.6. The van der Waals surface area contributed by atoms with Gasteiger partial charge in [-0.2, -0.15) is 0 Å². The molecule has 0 aromatic heterocycles. The fraction of sp³-hybridized carbons (Fsp3) is 0.529. The van der Waals surface area contributed by atoms with E-state index in [4.69, 9.17) is 4.74 Å². The van der Waals surface area contributed by atoms with Crippen LogP contribution < -0.4 is 5.32 Å². The third-order valence-corrected chi connectivity index (χ3v) is 3.56. The van der Waals surface area contributed by atoms with Crippen molar-refractivity contribution in [3.8, 4) is 0 Å². The van der Waals surface area contributed by atoms with Crippen molar-refractivity contribution in [2.24, 2.45) is 0 Å². The Hall–Kier alpha value is -2.08.